The number of methoxy groups -OCH3 is 1. The predicted octanol–water partition coefficient (Wildman–Crippen LogP) is 4.55. The standard InChI is InChI=1S/C19H17N5O3S/c1-12-10-17(22-18(25)20-13-6-3-4-7-15(13)26-2)24(23-12)19-21-14(11-28-19)16-8-5-9-27-16/h3-11H,1-2H3,(H2,20,22,25). The number of aromatic nitrogens is 3. The lowest BCUT2D eigenvalue weighted by molar-refractivity contribution is 0.262. The van der Waals surface area contributed by atoms with Crippen molar-refractivity contribution in [2.45, 2.75) is 6.92 Å². The molecule has 3 aromatic heterocycles. The molecule has 0 aliphatic rings. The van der Waals surface area contributed by atoms with Crippen molar-refractivity contribution in [3.63, 3.8) is 0 Å². The van der Waals surface area contributed by atoms with Crippen LogP contribution < -0.4 is 15.4 Å². The highest BCUT2D eigenvalue weighted by Crippen LogP contribution is 2.27. The molecule has 0 radical (unpaired) electrons. The van der Waals surface area contributed by atoms with E-state index < -0.39 is 6.03 Å². The first-order chi connectivity index (χ1) is 13.6. The number of carbonyl (C=O) groups is 1. The Bertz CT molecular complexity index is 1100. The van der Waals surface area contributed by atoms with Crippen molar-refractivity contribution >= 4 is 28.9 Å². The van der Waals surface area contributed by atoms with Gasteiger partial charge in [-0.1, -0.05) is 12.1 Å². The molecule has 142 valence electrons. The van der Waals surface area contributed by atoms with E-state index in [4.69, 9.17) is 9.15 Å². The zero-order chi connectivity index (χ0) is 19.5. The third-order valence-electron chi connectivity index (χ3n) is 3.88. The molecule has 3 heterocycles. The summed E-state index contributed by atoms with van der Waals surface area (Å²) in [5.74, 6) is 1.75. The lowest BCUT2D eigenvalue weighted by Gasteiger charge is -2.11. The van der Waals surface area contributed by atoms with Crippen molar-refractivity contribution in [2.75, 3.05) is 17.7 Å². The van der Waals surface area contributed by atoms with Crippen molar-refractivity contribution in [1.82, 2.24) is 14.8 Å². The quantitative estimate of drug-likeness (QED) is 0.517. The molecule has 0 saturated heterocycles. The van der Waals surface area contributed by atoms with Gasteiger partial charge in [-0.2, -0.15) is 9.78 Å². The van der Waals surface area contributed by atoms with E-state index in [0.717, 1.165) is 5.69 Å². The van der Waals surface area contributed by atoms with Crippen molar-refractivity contribution in [1.29, 1.82) is 0 Å². The molecule has 2 amide bonds. The van der Waals surface area contributed by atoms with Crippen molar-refractivity contribution in [3.05, 3.63) is 59.8 Å². The van der Waals surface area contributed by atoms with Gasteiger partial charge in [-0.3, -0.25) is 5.32 Å². The van der Waals surface area contributed by atoms with Crippen LogP contribution in [-0.4, -0.2) is 27.9 Å². The van der Waals surface area contributed by atoms with Crippen LogP contribution in [0.2, 0.25) is 0 Å². The summed E-state index contributed by atoms with van der Waals surface area (Å²) >= 11 is 1.40. The van der Waals surface area contributed by atoms with Crippen LogP contribution in [0.4, 0.5) is 16.3 Å². The predicted molar refractivity (Wildman–Crippen MR) is 107 cm³/mol. The Kier molecular flexibility index (Phi) is 4.81. The van der Waals surface area contributed by atoms with Crippen molar-refractivity contribution in [3.8, 4) is 22.3 Å². The van der Waals surface area contributed by atoms with Gasteiger partial charge in [0.1, 0.15) is 17.3 Å². The van der Waals surface area contributed by atoms with E-state index in [9.17, 15) is 4.79 Å². The van der Waals surface area contributed by atoms with Gasteiger partial charge in [-0.25, -0.2) is 9.78 Å². The third kappa shape index (κ3) is 3.60. The highest BCUT2D eigenvalue weighted by atomic mass is 32.1. The first kappa shape index (κ1) is 17.8. The molecule has 0 bridgehead atoms. The number of rotatable bonds is 5. The lowest BCUT2D eigenvalue weighted by atomic mass is 10.3. The van der Waals surface area contributed by atoms with Crippen LogP contribution in [0.25, 0.3) is 16.6 Å². The van der Waals surface area contributed by atoms with E-state index in [-0.39, 0.29) is 0 Å². The SMILES string of the molecule is COc1ccccc1NC(=O)Nc1cc(C)nn1-c1nc(-c2ccco2)cs1. The topological polar surface area (TPSA) is 94.2 Å². The average Bonchev–Trinajstić information content (AvgIpc) is 3.42. The van der Waals surface area contributed by atoms with Gasteiger partial charge in [0.05, 0.1) is 24.8 Å². The van der Waals surface area contributed by atoms with E-state index in [1.54, 1.807) is 36.3 Å². The zero-order valence-electron chi connectivity index (χ0n) is 15.2. The molecule has 0 unspecified atom stereocenters. The van der Waals surface area contributed by atoms with Crippen LogP contribution in [0.3, 0.4) is 0 Å². The Morgan fingerprint density at radius 3 is 2.86 bits per heavy atom. The van der Waals surface area contributed by atoms with Crippen LogP contribution in [-0.2, 0) is 0 Å². The van der Waals surface area contributed by atoms with E-state index in [1.807, 2.05) is 36.6 Å². The van der Waals surface area contributed by atoms with Crippen LogP contribution in [0, 0.1) is 6.92 Å². The van der Waals surface area contributed by atoms with Gasteiger partial charge in [-0.05, 0) is 31.2 Å². The first-order valence-corrected chi connectivity index (χ1v) is 9.29. The number of furan rings is 1. The Morgan fingerprint density at radius 2 is 2.07 bits per heavy atom. The first-order valence-electron chi connectivity index (χ1n) is 8.41. The van der Waals surface area contributed by atoms with Gasteiger partial charge in [0, 0.05) is 11.4 Å². The Hall–Kier alpha value is -3.59. The number of urea groups is 1. The number of ether oxygens (including phenoxy) is 1. The smallest absolute Gasteiger partial charge is 0.324 e. The molecule has 0 saturated carbocycles. The minimum Gasteiger partial charge on any atom is -0.495 e. The van der Waals surface area contributed by atoms with E-state index >= 15 is 0 Å². The summed E-state index contributed by atoms with van der Waals surface area (Å²) in [6.45, 7) is 1.85. The molecular formula is C19H17N5O3S. The molecule has 8 nitrogen and oxygen atoms in total. The molecule has 4 rings (SSSR count). The second-order valence-electron chi connectivity index (χ2n) is 5.85. The second kappa shape index (κ2) is 7.57. The number of hydrogen-bond donors (Lipinski definition) is 2. The molecule has 0 aliphatic heterocycles. The third-order valence-corrected chi connectivity index (χ3v) is 4.69. The summed E-state index contributed by atoms with van der Waals surface area (Å²) in [6.07, 6.45) is 1.60. The summed E-state index contributed by atoms with van der Waals surface area (Å²) in [5, 5.41) is 12.5. The van der Waals surface area contributed by atoms with E-state index in [2.05, 4.69) is 20.7 Å². The van der Waals surface area contributed by atoms with Gasteiger partial charge in [-0.15, -0.1) is 11.3 Å². The van der Waals surface area contributed by atoms with Crippen LogP contribution >= 0.6 is 11.3 Å². The summed E-state index contributed by atoms with van der Waals surface area (Å²) in [4.78, 5) is 17.0. The fraction of sp³-hybridized carbons (Fsp3) is 0.105. The minimum absolute atomic E-state index is 0.409. The zero-order valence-corrected chi connectivity index (χ0v) is 16.0. The molecular weight excluding hydrogens is 378 g/mol. The summed E-state index contributed by atoms with van der Waals surface area (Å²) < 4.78 is 12.2. The van der Waals surface area contributed by atoms with E-state index in [1.165, 1.54) is 11.3 Å². The van der Waals surface area contributed by atoms with Gasteiger partial charge in [0.15, 0.2) is 5.76 Å². The number of hydrogen-bond acceptors (Lipinski definition) is 6. The fourth-order valence-electron chi connectivity index (χ4n) is 2.65. The van der Waals surface area contributed by atoms with E-state index in [0.29, 0.717) is 33.8 Å². The summed E-state index contributed by atoms with van der Waals surface area (Å²) in [5.41, 5.74) is 2.03. The lowest BCUT2D eigenvalue weighted by Crippen LogP contribution is -2.21. The summed E-state index contributed by atoms with van der Waals surface area (Å²) in [6, 6.07) is 12.2. The normalized spacial score (nSPS) is 10.6. The Morgan fingerprint density at radius 1 is 1.21 bits per heavy atom. The maximum absolute atomic E-state index is 12.5. The molecule has 9 heteroatoms. The molecule has 28 heavy (non-hydrogen) atoms. The maximum Gasteiger partial charge on any atom is 0.324 e. The molecule has 1 aromatic carbocycles. The monoisotopic (exact) mass is 395 g/mol. The Labute approximate surface area is 164 Å². The number of benzene rings is 1. The maximum atomic E-state index is 12.5. The molecule has 2 N–H and O–H groups in total. The number of carbonyl (C=O) groups excluding carboxylic acids is 1. The van der Waals surface area contributed by atoms with Gasteiger partial charge in [0.25, 0.3) is 0 Å². The number of aryl methyl sites for hydroxylation is 1. The number of para-hydroxylation sites is 2. The van der Waals surface area contributed by atoms with Gasteiger partial charge < -0.3 is 14.5 Å². The number of amides is 2. The van der Waals surface area contributed by atoms with Gasteiger partial charge in [0.2, 0.25) is 5.13 Å². The molecule has 0 spiro atoms. The highest BCUT2D eigenvalue weighted by Gasteiger charge is 2.16. The largest absolute Gasteiger partial charge is 0.495 e. The van der Waals surface area contributed by atoms with Crippen LogP contribution in [0.5, 0.6) is 5.75 Å². The molecule has 0 fully saturated rings. The minimum atomic E-state index is -0.409. The molecule has 0 atom stereocenters. The number of nitrogens with one attached hydrogen (secondary N) is 2. The number of nitrogens with zero attached hydrogens (tertiary/aromatic N) is 3. The fourth-order valence-corrected chi connectivity index (χ4v) is 3.43. The number of anilines is 2. The van der Waals surface area contributed by atoms with Crippen LogP contribution in [0.15, 0.2) is 58.5 Å². The second-order valence-corrected chi connectivity index (χ2v) is 6.69. The van der Waals surface area contributed by atoms with Crippen molar-refractivity contribution in [2.24, 2.45) is 0 Å². The summed E-state index contributed by atoms with van der Waals surface area (Å²) in [7, 11) is 1.55. The highest BCUT2D eigenvalue weighted by molar-refractivity contribution is 7.12. The van der Waals surface area contributed by atoms with Crippen LogP contribution in [0.1, 0.15) is 5.69 Å². The number of thiazole rings is 1. The molecule has 0 aliphatic carbocycles. The van der Waals surface area contributed by atoms with Crippen molar-refractivity contribution < 1.29 is 13.9 Å². The average molecular weight is 395 g/mol. The molecule has 4 aromatic rings. The van der Waals surface area contributed by atoms with Gasteiger partial charge >= 0.3 is 6.03 Å². The Balaban J connectivity index is 1.56.